The molecule has 1 aromatic carbocycles. The molecule has 0 aliphatic carbocycles. The van der Waals surface area contributed by atoms with Crippen molar-refractivity contribution in [2.45, 2.75) is 27.0 Å². The normalized spacial score (nSPS) is 11.0. The molecule has 5 aromatic rings. The van der Waals surface area contributed by atoms with Crippen LogP contribution >= 0.6 is 34.5 Å². The standard InChI is InChI=1S/C27H19Cl2N5O2S/c1-15-9-19(25-26(29)31-14-37-25)18-6-3-7-23(24(18)33-15)36-13-20-21(28)10-16(2)32-22(20)12-34-8-4-5-17(11-30)27(34)35/h3-10,14H,12-13H2,1-2H3. The number of nitrogens with zero attached hydrogens (tertiary/aromatic N) is 5. The number of pyridine rings is 3. The summed E-state index contributed by atoms with van der Waals surface area (Å²) in [5.41, 5.74) is 5.78. The van der Waals surface area contributed by atoms with E-state index in [2.05, 4.69) is 9.97 Å². The maximum Gasteiger partial charge on any atom is 0.268 e. The predicted octanol–water partition coefficient (Wildman–Crippen LogP) is 6.34. The van der Waals surface area contributed by atoms with E-state index >= 15 is 0 Å². The average molecular weight is 548 g/mol. The maximum absolute atomic E-state index is 12.6. The molecule has 0 unspecified atom stereocenters. The largest absolute Gasteiger partial charge is 0.486 e. The Balaban J connectivity index is 1.53. The molecule has 10 heteroatoms. The van der Waals surface area contributed by atoms with E-state index in [4.69, 9.17) is 32.9 Å². The van der Waals surface area contributed by atoms with Gasteiger partial charge in [-0.25, -0.2) is 9.97 Å². The SMILES string of the molecule is Cc1cc(Cl)c(COc2cccc3c(-c4scnc4Cl)cc(C)nc23)c(Cn2cccc(C#N)c2=O)n1. The third-order valence-electron chi connectivity index (χ3n) is 5.82. The van der Waals surface area contributed by atoms with Gasteiger partial charge in [0.1, 0.15) is 34.7 Å². The minimum atomic E-state index is -0.390. The Hall–Kier alpha value is -3.77. The summed E-state index contributed by atoms with van der Waals surface area (Å²) in [7, 11) is 0. The van der Waals surface area contributed by atoms with Crippen LogP contribution < -0.4 is 10.3 Å². The van der Waals surface area contributed by atoms with Crippen LogP contribution in [0.1, 0.15) is 28.2 Å². The quantitative estimate of drug-likeness (QED) is 0.246. The summed E-state index contributed by atoms with van der Waals surface area (Å²) in [5.74, 6) is 0.578. The number of para-hydroxylation sites is 1. The number of aromatic nitrogens is 4. The van der Waals surface area contributed by atoms with E-state index in [1.54, 1.807) is 23.8 Å². The molecule has 0 saturated heterocycles. The minimum absolute atomic E-state index is 0.0631. The van der Waals surface area contributed by atoms with Crippen molar-refractivity contribution in [1.82, 2.24) is 19.5 Å². The molecule has 0 bridgehead atoms. The molecule has 0 fully saturated rings. The lowest BCUT2D eigenvalue weighted by Gasteiger charge is -2.16. The van der Waals surface area contributed by atoms with Gasteiger partial charge in [-0.1, -0.05) is 35.3 Å². The summed E-state index contributed by atoms with van der Waals surface area (Å²) in [6, 6.07) is 14.5. The zero-order valence-electron chi connectivity index (χ0n) is 19.8. The lowest BCUT2D eigenvalue weighted by molar-refractivity contribution is 0.307. The van der Waals surface area contributed by atoms with Crippen molar-refractivity contribution in [3.63, 3.8) is 0 Å². The summed E-state index contributed by atoms with van der Waals surface area (Å²) < 4.78 is 7.70. The number of fused-ring (bicyclic) bond motifs is 1. The van der Waals surface area contributed by atoms with Crippen LogP contribution in [0.4, 0.5) is 0 Å². The molecule has 0 amide bonds. The molecule has 0 aliphatic rings. The van der Waals surface area contributed by atoms with E-state index in [1.165, 1.54) is 22.0 Å². The zero-order valence-corrected chi connectivity index (χ0v) is 22.2. The molecule has 0 atom stereocenters. The molecule has 7 nitrogen and oxygen atoms in total. The number of benzene rings is 1. The van der Waals surface area contributed by atoms with Crippen LogP contribution in [-0.4, -0.2) is 19.5 Å². The van der Waals surface area contributed by atoms with E-state index in [0.717, 1.165) is 21.5 Å². The van der Waals surface area contributed by atoms with E-state index < -0.39 is 0 Å². The first-order chi connectivity index (χ1) is 17.9. The highest BCUT2D eigenvalue weighted by atomic mass is 35.5. The molecule has 184 valence electrons. The van der Waals surface area contributed by atoms with Crippen LogP contribution in [0.25, 0.3) is 21.3 Å². The van der Waals surface area contributed by atoms with Gasteiger partial charge in [0.25, 0.3) is 5.56 Å². The number of aryl methyl sites for hydroxylation is 2. The first-order valence-corrected chi connectivity index (χ1v) is 12.9. The van der Waals surface area contributed by atoms with E-state index in [0.29, 0.717) is 38.4 Å². The topological polar surface area (TPSA) is 93.7 Å². The van der Waals surface area contributed by atoms with Gasteiger partial charge in [-0.2, -0.15) is 5.26 Å². The number of ether oxygens (including phenoxy) is 1. The highest BCUT2D eigenvalue weighted by Gasteiger charge is 2.17. The molecule has 4 aromatic heterocycles. The van der Waals surface area contributed by atoms with Crippen LogP contribution in [0.15, 0.2) is 59.0 Å². The average Bonchev–Trinajstić information content (AvgIpc) is 3.30. The summed E-state index contributed by atoms with van der Waals surface area (Å²) in [5, 5.41) is 11.0. The molecule has 4 heterocycles. The zero-order chi connectivity index (χ0) is 26.1. The van der Waals surface area contributed by atoms with Gasteiger partial charge in [-0.3, -0.25) is 9.78 Å². The van der Waals surface area contributed by atoms with Crippen molar-refractivity contribution < 1.29 is 4.74 Å². The Morgan fingerprint density at radius 3 is 2.68 bits per heavy atom. The van der Waals surface area contributed by atoms with E-state index in [1.807, 2.05) is 44.2 Å². The summed E-state index contributed by atoms with van der Waals surface area (Å²) in [6.45, 7) is 4.01. The van der Waals surface area contributed by atoms with Crippen molar-refractivity contribution in [1.29, 1.82) is 5.26 Å². The lowest BCUT2D eigenvalue weighted by Crippen LogP contribution is -2.23. The fourth-order valence-electron chi connectivity index (χ4n) is 4.12. The number of thiazole rings is 1. The Morgan fingerprint density at radius 2 is 1.92 bits per heavy atom. The van der Waals surface area contributed by atoms with Crippen LogP contribution in [0, 0.1) is 25.2 Å². The van der Waals surface area contributed by atoms with Crippen molar-refractivity contribution in [3.05, 3.63) is 103 Å². The summed E-state index contributed by atoms with van der Waals surface area (Å²) in [6.07, 6.45) is 1.62. The first kappa shape index (κ1) is 24.9. The van der Waals surface area contributed by atoms with Crippen LogP contribution in [0.5, 0.6) is 5.75 Å². The summed E-state index contributed by atoms with van der Waals surface area (Å²) in [4.78, 5) is 27.0. The minimum Gasteiger partial charge on any atom is -0.486 e. The van der Waals surface area contributed by atoms with Gasteiger partial charge in [-0.15, -0.1) is 11.3 Å². The van der Waals surface area contributed by atoms with Gasteiger partial charge in [0, 0.05) is 34.1 Å². The summed E-state index contributed by atoms with van der Waals surface area (Å²) >= 11 is 14.4. The van der Waals surface area contributed by atoms with E-state index in [9.17, 15) is 10.1 Å². The Kier molecular flexibility index (Phi) is 6.94. The number of halogens is 2. The van der Waals surface area contributed by atoms with Gasteiger partial charge < -0.3 is 9.30 Å². The number of nitriles is 1. The second-order valence-electron chi connectivity index (χ2n) is 8.36. The third-order valence-corrected chi connectivity index (χ3v) is 7.41. The second kappa shape index (κ2) is 10.3. The van der Waals surface area contributed by atoms with Gasteiger partial charge >= 0.3 is 0 Å². The smallest absolute Gasteiger partial charge is 0.268 e. The number of rotatable bonds is 6. The molecule has 0 N–H and O–H groups in total. The van der Waals surface area contributed by atoms with Gasteiger partial charge in [0.15, 0.2) is 0 Å². The molecule has 5 rings (SSSR count). The van der Waals surface area contributed by atoms with Crippen molar-refractivity contribution in [2.24, 2.45) is 0 Å². The Morgan fingerprint density at radius 1 is 1.11 bits per heavy atom. The monoisotopic (exact) mass is 547 g/mol. The van der Waals surface area contributed by atoms with Crippen molar-refractivity contribution in [2.75, 3.05) is 0 Å². The molecule has 0 aliphatic heterocycles. The van der Waals surface area contributed by atoms with Crippen LogP contribution in [0.3, 0.4) is 0 Å². The number of hydrogen-bond donors (Lipinski definition) is 0. The third kappa shape index (κ3) is 4.94. The molecule has 0 spiro atoms. The Labute approximate surface area is 226 Å². The molecule has 0 radical (unpaired) electrons. The van der Waals surface area contributed by atoms with Gasteiger partial charge in [0.05, 0.1) is 27.6 Å². The fourth-order valence-corrected chi connectivity index (χ4v) is 5.50. The highest BCUT2D eigenvalue weighted by molar-refractivity contribution is 7.14. The predicted molar refractivity (Wildman–Crippen MR) is 145 cm³/mol. The molecular weight excluding hydrogens is 529 g/mol. The van der Waals surface area contributed by atoms with Crippen molar-refractivity contribution in [3.8, 4) is 22.3 Å². The Bertz CT molecular complexity index is 1760. The second-order valence-corrected chi connectivity index (χ2v) is 9.98. The van der Waals surface area contributed by atoms with Crippen LogP contribution in [-0.2, 0) is 13.2 Å². The fraction of sp³-hybridized carbons (Fsp3) is 0.148. The molecular formula is C27H19Cl2N5O2S. The molecule has 0 saturated carbocycles. The van der Waals surface area contributed by atoms with Gasteiger partial charge in [0.2, 0.25) is 0 Å². The highest BCUT2D eigenvalue weighted by Crippen LogP contribution is 2.38. The lowest BCUT2D eigenvalue weighted by atomic mass is 10.1. The molecule has 37 heavy (non-hydrogen) atoms. The first-order valence-electron chi connectivity index (χ1n) is 11.2. The number of hydrogen-bond acceptors (Lipinski definition) is 7. The maximum atomic E-state index is 12.6. The van der Waals surface area contributed by atoms with E-state index in [-0.39, 0.29) is 24.3 Å². The van der Waals surface area contributed by atoms with Gasteiger partial charge in [-0.05, 0) is 44.2 Å². The van der Waals surface area contributed by atoms with Crippen molar-refractivity contribution >= 4 is 45.4 Å². The van der Waals surface area contributed by atoms with Crippen LogP contribution in [0.2, 0.25) is 10.2 Å².